The molecule has 25 heavy (non-hydrogen) atoms. The first-order chi connectivity index (χ1) is 12.1. The van der Waals surface area contributed by atoms with Crippen LogP contribution in [0.3, 0.4) is 0 Å². The average molecular weight is 331 g/mol. The number of hydrogen-bond donors (Lipinski definition) is 2. The number of phenolic OH excluding ortho intramolecular Hbond substituents is 2. The van der Waals surface area contributed by atoms with Crippen LogP contribution in [0.4, 0.5) is 0 Å². The Kier molecular flexibility index (Phi) is 3.43. The maximum atomic E-state index is 12.5. The van der Waals surface area contributed by atoms with Gasteiger partial charge in [0.2, 0.25) is 0 Å². The van der Waals surface area contributed by atoms with Gasteiger partial charge in [0.1, 0.15) is 17.2 Å². The quantitative estimate of drug-likeness (QED) is 0.589. The lowest BCUT2D eigenvalue weighted by atomic mass is 10.0. The first-order valence-corrected chi connectivity index (χ1v) is 7.61. The predicted molar refractivity (Wildman–Crippen MR) is 92.5 cm³/mol. The molecule has 3 aromatic carbocycles. The Balaban J connectivity index is 1.82. The lowest BCUT2D eigenvalue weighted by molar-refractivity contribution is 0.0940. The Morgan fingerprint density at radius 1 is 0.880 bits per heavy atom. The summed E-state index contributed by atoms with van der Waals surface area (Å²) in [6.07, 6.45) is 1.44. The van der Waals surface area contributed by atoms with Crippen molar-refractivity contribution in [3.63, 3.8) is 0 Å². The van der Waals surface area contributed by atoms with Crippen LogP contribution < -0.4 is 0 Å². The van der Waals surface area contributed by atoms with Gasteiger partial charge >= 0.3 is 0 Å². The van der Waals surface area contributed by atoms with Gasteiger partial charge in [0, 0.05) is 0 Å². The van der Waals surface area contributed by atoms with Crippen LogP contribution in [0.1, 0.15) is 10.4 Å². The summed E-state index contributed by atoms with van der Waals surface area (Å²) in [6, 6.07) is 17.2. The highest BCUT2D eigenvalue weighted by Gasteiger charge is 2.18. The van der Waals surface area contributed by atoms with E-state index in [-0.39, 0.29) is 17.1 Å². The van der Waals surface area contributed by atoms with E-state index in [0.29, 0.717) is 11.3 Å². The fourth-order valence-corrected chi connectivity index (χ4v) is 2.78. The van der Waals surface area contributed by atoms with E-state index in [1.807, 2.05) is 30.3 Å². The molecule has 0 fully saturated rings. The monoisotopic (exact) mass is 331 g/mol. The van der Waals surface area contributed by atoms with Gasteiger partial charge in [-0.1, -0.05) is 47.7 Å². The molecule has 1 heterocycles. The van der Waals surface area contributed by atoms with Crippen molar-refractivity contribution >= 4 is 16.7 Å². The maximum Gasteiger partial charge on any atom is 0.283 e. The van der Waals surface area contributed by atoms with E-state index in [4.69, 9.17) is 0 Å². The van der Waals surface area contributed by atoms with E-state index in [1.54, 1.807) is 18.2 Å². The van der Waals surface area contributed by atoms with Crippen LogP contribution >= 0.6 is 0 Å². The van der Waals surface area contributed by atoms with Crippen molar-refractivity contribution in [2.45, 2.75) is 0 Å². The Morgan fingerprint density at radius 2 is 1.64 bits per heavy atom. The van der Waals surface area contributed by atoms with Crippen molar-refractivity contribution in [3.05, 3.63) is 72.4 Å². The van der Waals surface area contributed by atoms with Gasteiger partial charge in [0.05, 0.1) is 17.3 Å². The molecule has 0 radical (unpaired) electrons. The molecule has 2 N–H and O–H groups in total. The van der Waals surface area contributed by atoms with Gasteiger partial charge in [0.25, 0.3) is 5.91 Å². The predicted octanol–water partition coefficient (Wildman–Crippen LogP) is 3.20. The number of fused-ring (bicyclic) bond motifs is 1. The minimum absolute atomic E-state index is 0.0563. The molecule has 0 amide bonds. The van der Waals surface area contributed by atoms with Crippen molar-refractivity contribution in [1.29, 1.82) is 0 Å². The van der Waals surface area contributed by atoms with Gasteiger partial charge in [-0.15, -0.1) is 5.10 Å². The van der Waals surface area contributed by atoms with Crippen molar-refractivity contribution < 1.29 is 15.0 Å². The van der Waals surface area contributed by atoms with Crippen LogP contribution in [-0.2, 0) is 0 Å². The number of carbonyl (C=O) groups is 1. The second-order valence-corrected chi connectivity index (χ2v) is 5.55. The molecule has 6 nitrogen and oxygen atoms in total. The SMILES string of the molecule is O=C(c1ccccc1O)n1cc(-c2c(O)ccc3ccccc23)nn1. The Bertz CT molecular complexity index is 1100. The van der Waals surface area contributed by atoms with Gasteiger partial charge < -0.3 is 10.2 Å². The molecule has 4 aromatic rings. The first kappa shape index (κ1) is 14.9. The van der Waals surface area contributed by atoms with E-state index < -0.39 is 5.91 Å². The van der Waals surface area contributed by atoms with Crippen LogP contribution in [0.5, 0.6) is 11.5 Å². The standard InChI is InChI=1S/C19H13N3O3/c23-16-8-4-3-7-14(16)19(25)22-11-15(20-21-22)18-13-6-2-1-5-12(13)9-10-17(18)24/h1-11,23-24H. The molecule has 0 atom stereocenters. The molecule has 0 spiro atoms. The number of aromatic hydroxyl groups is 2. The number of aromatic nitrogens is 3. The average Bonchev–Trinajstić information content (AvgIpc) is 3.11. The fraction of sp³-hybridized carbons (Fsp3) is 0. The number of rotatable bonds is 2. The van der Waals surface area contributed by atoms with E-state index in [0.717, 1.165) is 15.5 Å². The third kappa shape index (κ3) is 2.49. The maximum absolute atomic E-state index is 12.5. The lowest BCUT2D eigenvalue weighted by Gasteiger charge is -2.06. The number of carbonyl (C=O) groups excluding carboxylic acids is 1. The molecule has 0 aliphatic rings. The Morgan fingerprint density at radius 3 is 2.48 bits per heavy atom. The Labute approximate surface area is 142 Å². The molecule has 0 aliphatic carbocycles. The summed E-state index contributed by atoms with van der Waals surface area (Å²) in [7, 11) is 0. The molecule has 4 rings (SSSR count). The number of para-hydroxylation sites is 1. The Hall–Kier alpha value is -3.67. The second-order valence-electron chi connectivity index (χ2n) is 5.55. The van der Waals surface area contributed by atoms with Gasteiger partial charge in [-0.2, -0.15) is 4.68 Å². The molecule has 122 valence electrons. The molecule has 1 aromatic heterocycles. The van der Waals surface area contributed by atoms with Gasteiger partial charge in [0.15, 0.2) is 0 Å². The molecule has 0 saturated heterocycles. The number of phenols is 2. The summed E-state index contributed by atoms with van der Waals surface area (Å²) < 4.78 is 1.05. The van der Waals surface area contributed by atoms with Crippen LogP contribution in [0.15, 0.2) is 66.9 Å². The molecule has 6 heteroatoms. The van der Waals surface area contributed by atoms with Crippen molar-refractivity contribution in [2.75, 3.05) is 0 Å². The van der Waals surface area contributed by atoms with Crippen molar-refractivity contribution in [2.24, 2.45) is 0 Å². The summed E-state index contributed by atoms with van der Waals surface area (Å²) in [5.41, 5.74) is 1.01. The topological polar surface area (TPSA) is 88.2 Å². The lowest BCUT2D eigenvalue weighted by Crippen LogP contribution is -2.12. The summed E-state index contributed by atoms with van der Waals surface area (Å²) in [5.74, 6) is -0.574. The molecular weight excluding hydrogens is 318 g/mol. The van der Waals surface area contributed by atoms with Crippen LogP contribution in [0, 0.1) is 0 Å². The van der Waals surface area contributed by atoms with Gasteiger partial charge in [-0.3, -0.25) is 4.79 Å². The van der Waals surface area contributed by atoms with E-state index in [1.165, 1.54) is 18.3 Å². The smallest absolute Gasteiger partial charge is 0.283 e. The van der Waals surface area contributed by atoms with E-state index >= 15 is 0 Å². The zero-order valence-electron chi connectivity index (χ0n) is 13.0. The zero-order valence-corrected chi connectivity index (χ0v) is 13.0. The summed E-state index contributed by atoms with van der Waals surface area (Å²) >= 11 is 0. The van der Waals surface area contributed by atoms with E-state index in [9.17, 15) is 15.0 Å². The number of benzene rings is 3. The van der Waals surface area contributed by atoms with Crippen LogP contribution in [0.2, 0.25) is 0 Å². The van der Waals surface area contributed by atoms with Crippen molar-refractivity contribution in [1.82, 2.24) is 15.0 Å². The molecule has 0 saturated carbocycles. The van der Waals surface area contributed by atoms with Gasteiger partial charge in [-0.25, -0.2) is 0 Å². The minimum Gasteiger partial charge on any atom is -0.507 e. The first-order valence-electron chi connectivity index (χ1n) is 7.61. The van der Waals surface area contributed by atoms with Crippen LogP contribution in [0.25, 0.3) is 22.0 Å². The highest BCUT2D eigenvalue weighted by molar-refractivity contribution is 6.00. The second kappa shape index (κ2) is 5.76. The fourth-order valence-electron chi connectivity index (χ4n) is 2.78. The highest BCUT2D eigenvalue weighted by atomic mass is 16.3. The molecule has 0 bridgehead atoms. The van der Waals surface area contributed by atoms with Crippen LogP contribution in [-0.4, -0.2) is 31.1 Å². The van der Waals surface area contributed by atoms with E-state index in [2.05, 4.69) is 10.3 Å². The highest BCUT2D eigenvalue weighted by Crippen LogP contribution is 2.35. The largest absolute Gasteiger partial charge is 0.507 e. The molecule has 0 unspecified atom stereocenters. The summed E-state index contributed by atoms with van der Waals surface area (Å²) in [6.45, 7) is 0. The van der Waals surface area contributed by atoms with Gasteiger partial charge in [-0.05, 0) is 29.0 Å². The summed E-state index contributed by atoms with van der Waals surface area (Å²) in [4.78, 5) is 12.5. The zero-order chi connectivity index (χ0) is 17.4. The normalized spacial score (nSPS) is 10.9. The number of nitrogens with zero attached hydrogens (tertiary/aromatic N) is 3. The number of hydrogen-bond acceptors (Lipinski definition) is 5. The molecule has 0 aliphatic heterocycles. The third-order valence-electron chi connectivity index (χ3n) is 4.00. The summed E-state index contributed by atoms with van der Waals surface area (Å²) in [5, 5.41) is 29.7. The molecular formula is C19H13N3O3. The third-order valence-corrected chi connectivity index (χ3v) is 4.00. The minimum atomic E-state index is -0.503. The van der Waals surface area contributed by atoms with Crippen molar-refractivity contribution in [3.8, 4) is 22.8 Å².